The van der Waals surface area contributed by atoms with Crippen LogP contribution in [0.4, 0.5) is 11.8 Å². The molecule has 7 nitrogen and oxygen atoms in total. The minimum absolute atomic E-state index is 0.225. The number of hydrogen-bond donors (Lipinski definition) is 3. The number of anilines is 2. The first-order valence-corrected chi connectivity index (χ1v) is 6.48. The molecule has 0 aliphatic carbocycles. The second kappa shape index (κ2) is 5.20. The lowest BCUT2D eigenvalue weighted by atomic mass is 10.1. The van der Waals surface area contributed by atoms with Gasteiger partial charge in [0.1, 0.15) is 11.6 Å². The molecule has 0 amide bonds. The maximum Gasteiger partial charge on any atom is 0.224 e. The van der Waals surface area contributed by atoms with E-state index in [4.69, 9.17) is 10.2 Å². The monoisotopic (exact) mass is 272 g/mol. The topological polar surface area (TPSA) is 106 Å². The summed E-state index contributed by atoms with van der Waals surface area (Å²) in [5, 5.41) is 10.9. The van der Waals surface area contributed by atoms with E-state index in [1.165, 1.54) is 0 Å². The lowest BCUT2D eigenvalue weighted by molar-refractivity contribution is 0.495. The van der Waals surface area contributed by atoms with E-state index in [1.807, 2.05) is 12.1 Å². The summed E-state index contributed by atoms with van der Waals surface area (Å²) in [6, 6.07) is 4.10. The van der Waals surface area contributed by atoms with Gasteiger partial charge in [-0.3, -0.25) is 5.10 Å². The number of fused-ring (bicyclic) bond motifs is 1. The average molecular weight is 272 g/mol. The number of H-pyrrole nitrogens is 1. The molecule has 0 fully saturated rings. The number of aryl methyl sites for hydroxylation is 1. The number of nitrogens with two attached hydrogens (primary N) is 1. The number of nitrogens with one attached hydrogen (secondary N) is 2. The molecule has 1 unspecified atom stereocenters. The molecular formula is C13H16N6O. The van der Waals surface area contributed by atoms with Gasteiger partial charge in [0.2, 0.25) is 5.95 Å². The third-order valence-corrected chi connectivity index (χ3v) is 3.11. The summed E-state index contributed by atoms with van der Waals surface area (Å²) in [6.45, 7) is 2.09. The van der Waals surface area contributed by atoms with E-state index in [9.17, 15) is 0 Å². The molecule has 0 aromatic carbocycles. The first-order chi connectivity index (χ1) is 9.72. The predicted molar refractivity (Wildman–Crippen MR) is 76.2 cm³/mol. The van der Waals surface area contributed by atoms with Crippen LogP contribution in [0.25, 0.3) is 11.0 Å². The molecule has 104 valence electrons. The molecule has 3 rings (SSSR count). The van der Waals surface area contributed by atoms with Crippen molar-refractivity contribution in [2.45, 2.75) is 25.8 Å². The lowest BCUT2D eigenvalue weighted by Crippen LogP contribution is -2.17. The van der Waals surface area contributed by atoms with Gasteiger partial charge in [-0.1, -0.05) is 0 Å². The van der Waals surface area contributed by atoms with Crippen molar-refractivity contribution in [3.63, 3.8) is 0 Å². The van der Waals surface area contributed by atoms with E-state index in [1.54, 1.807) is 12.5 Å². The Balaban J connectivity index is 1.70. The zero-order chi connectivity index (χ0) is 13.9. The highest BCUT2D eigenvalue weighted by Gasteiger charge is 2.11. The van der Waals surface area contributed by atoms with Gasteiger partial charge in [-0.15, -0.1) is 0 Å². The Morgan fingerprint density at radius 3 is 3.15 bits per heavy atom. The molecule has 3 aromatic rings. The SMILES string of the molecule is CC(CCc1ccco1)Nc1nc(N)nc2[nH]ncc12. The van der Waals surface area contributed by atoms with Crippen LogP contribution in [0.2, 0.25) is 0 Å². The zero-order valence-electron chi connectivity index (χ0n) is 11.1. The number of rotatable bonds is 5. The molecule has 4 N–H and O–H groups in total. The van der Waals surface area contributed by atoms with Crippen molar-refractivity contribution < 1.29 is 4.42 Å². The summed E-state index contributed by atoms with van der Waals surface area (Å²) >= 11 is 0. The highest BCUT2D eigenvalue weighted by atomic mass is 16.3. The molecule has 0 saturated carbocycles. The van der Waals surface area contributed by atoms with Gasteiger partial charge in [-0.25, -0.2) is 0 Å². The summed E-state index contributed by atoms with van der Waals surface area (Å²) < 4.78 is 5.32. The number of nitrogen functional groups attached to an aromatic ring is 1. The van der Waals surface area contributed by atoms with Crippen LogP contribution in [-0.2, 0) is 6.42 Å². The number of hydrogen-bond acceptors (Lipinski definition) is 6. The minimum atomic E-state index is 0.225. The lowest BCUT2D eigenvalue weighted by Gasteiger charge is -2.14. The smallest absolute Gasteiger partial charge is 0.224 e. The minimum Gasteiger partial charge on any atom is -0.469 e. The zero-order valence-corrected chi connectivity index (χ0v) is 11.1. The molecule has 7 heteroatoms. The number of aromatic nitrogens is 4. The summed E-state index contributed by atoms with van der Waals surface area (Å²) in [6.07, 6.45) is 5.18. The molecule has 0 bridgehead atoms. The van der Waals surface area contributed by atoms with Crippen LogP contribution < -0.4 is 11.1 Å². The Morgan fingerprint density at radius 2 is 2.35 bits per heavy atom. The van der Waals surface area contributed by atoms with Crippen LogP contribution in [-0.4, -0.2) is 26.2 Å². The van der Waals surface area contributed by atoms with Crippen molar-refractivity contribution >= 4 is 22.8 Å². The fourth-order valence-electron chi connectivity index (χ4n) is 2.08. The highest BCUT2D eigenvalue weighted by molar-refractivity contribution is 5.86. The standard InChI is InChI=1S/C13H16N6O/c1-8(4-5-9-3-2-6-20-9)16-11-10-7-15-19-12(10)18-13(14)17-11/h2-3,6-8H,4-5H2,1H3,(H4,14,15,16,17,18,19). The van der Waals surface area contributed by atoms with Crippen molar-refractivity contribution in [3.05, 3.63) is 30.4 Å². The van der Waals surface area contributed by atoms with Gasteiger partial charge in [0.05, 0.1) is 17.8 Å². The number of aromatic amines is 1. The Morgan fingerprint density at radius 1 is 1.45 bits per heavy atom. The summed E-state index contributed by atoms with van der Waals surface area (Å²) in [7, 11) is 0. The third kappa shape index (κ3) is 2.56. The van der Waals surface area contributed by atoms with Crippen LogP contribution in [0.3, 0.4) is 0 Å². The van der Waals surface area contributed by atoms with Crippen molar-refractivity contribution in [3.8, 4) is 0 Å². The summed E-state index contributed by atoms with van der Waals surface area (Å²) in [4.78, 5) is 8.31. The molecule has 0 radical (unpaired) electrons. The quantitative estimate of drug-likeness (QED) is 0.655. The van der Waals surface area contributed by atoms with Crippen LogP contribution in [0.5, 0.6) is 0 Å². The van der Waals surface area contributed by atoms with Gasteiger partial charge in [-0.2, -0.15) is 15.1 Å². The Bertz CT molecular complexity index is 690. The molecule has 3 aromatic heterocycles. The van der Waals surface area contributed by atoms with Crippen molar-refractivity contribution in [1.29, 1.82) is 0 Å². The molecule has 0 spiro atoms. The van der Waals surface area contributed by atoms with Crippen molar-refractivity contribution in [2.24, 2.45) is 0 Å². The number of furan rings is 1. The largest absolute Gasteiger partial charge is 0.469 e. The summed E-state index contributed by atoms with van der Waals surface area (Å²) in [5.41, 5.74) is 6.32. The molecule has 0 aliphatic rings. The van der Waals surface area contributed by atoms with E-state index < -0.39 is 0 Å². The van der Waals surface area contributed by atoms with E-state index >= 15 is 0 Å². The van der Waals surface area contributed by atoms with Crippen molar-refractivity contribution in [1.82, 2.24) is 20.2 Å². The fraction of sp³-hybridized carbons (Fsp3) is 0.308. The molecule has 20 heavy (non-hydrogen) atoms. The molecule has 3 heterocycles. The van der Waals surface area contributed by atoms with Gasteiger partial charge in [0, 0.05) is 12.5 Å². The van der Waals surface area contributed by atoms with Gasteiger partial charge in [-0.05, 0) is 25.5 Å². The van der Waals surface area contributed by atoms with Gasteiger partial charge >= 0.3 is 0 Å². The van der Waals surface area contributed by atoms with Gasteiger partial charge in [0.15, 0.2) is 5.65 Å². The van der Waals surface area contributed by atoms with Crippen LogP contribution in [0.1, 0.15) is 19.1 Å². The van der Waals surface area contributed by atoms with Gasteiger partial charge < -0.3 is 15.5 Å². The molecular weight excluding hydrogens is 256 g/mol. The van der Waals surface area contributed by atoms with E-state index in [0.717, 1.165) is 24.0 Å². The molecule has 1 atom stereocenters. The Hall–Kier alpha value is -2.57. The second-order valence-corrected chi connectivity index (χ2v) is 4.73. The molecule has 0 aliphatic heterocycles. The predicted octanol–water partition coefficient (Wildman–Crippen LogP) is 1.96. The van der Waals surface area contributed by atoms with Gasteiger partial charge in [0.25, 0.3) is 0 Å². The molecule has 0 saturated heterocycles. The van der Waals surface area contributed by atoms with Crippen LogP contribution in [0.15, 0.2) is 29.0 Å². The summed E-state index contributed by atoms with van der Waals surface area (Å²) in [5.74, 6) is 1.91. The maximum atomic E-state index is 5.69. The average Bonchev–Trinajstić information content (AvgIpc) is 3.06. The second-order valence-electron chi connectivity index (χ2n) is 4.73. The van der Waals surface area contributed by atoms with E-state index in [0.29, 0.717) is 11.5 Å². The van der Waals surface area contributed by atoms with Crippen molar-refractivity contribution in [2.75, 3.05) is 11.1 Å². The maximum absolute atomic E-state index is 5.69. The Labute approximate surface area is 115 Å². The van der Waals surface area contributed by atoms with Crippen LogP contribution in [0, 0.1) is 0 Å². The first kappa shape index (κ1) is 12.5. The fourth-order valence-corrected chi connectivity index (χ4v) is 2.08. The van der Waals surface area contributed by atoms with E-state index in [-0.39, 0.29) is 12.0 Å². The van der Waals surface area contributed by atoms with Crippen LogP contribution >= 0.6 is 0 Å². The van der Waals surface area contributed by atoms with E-state index in [2.05, 4.69) is 32.4 Å². The Kier molecular flexibility index (Phi) is 3.24. The first-order valence-electron chi connectivity index (χ1n) is 6.48. The highest BCUT2D eigenvalue weighted by Crippen LogP contribution is 2.20. The number of nitrogens with zero attached hydrogens (tertiary/aromatic N) is 3. The third-order valence-electron chi connectivity index (χ3n) is 3.11. The normalized spacial score (nSPS) is 12.7.